The molecule has 0 saturated heterocycles. The number of sulfone groups is 1. The zero-order valence-electron chi connectivity index (χ0n) is 12.6. The lowest BCUT2D eigenvalue weighted by atomic mass is 10.2. The molecule has 3 nitrogen and oxygen atoms in total. The van der Waals surface area contributed by atoms with Gasteiger partial charge in [0.1, 0.15) is 5.25 Å². The van der Waals surface area contributed by atoms with Crippen LogP contribution in [0.3, 0.4) is 0 Å². The van der Waals surface area contributed by atoms with Crippen LogP contribution < -0.4 is 0 Å². The summed E-state index contributed by atoms with van der Waals surface area (Å²) in [6.45, 7) is 5.80. The highest BCUT2D eigenvalue weighted by molar-refractivity contribution is 7.92. The number of benzene rings is 2. The predicted octanol–water partition coefficient (Wildman–Crippen LogP) is 3.62. The minimum Gasteiger partial charge on any atom is -0.372 e. The van der Waals surface area contributed by atoms with Crippen molar-refractivity contribution in [2.75, 3.05) is 0 Å². The number of rotatable bonds is 7. The van der Waals surface area contributed by atoms with Gasteiger partial charge in [-0.15, -0.1) is 6.58 Å². The van der Waals surface area contributed by atoms with E-state index in [1.54, 1.807) is 37.3 Å². The molecule has 0 aliphatic carbocycles. The topological polar surface area (TPSA) is 43.4 Å². The van der Waals surface area contributed by atoms with Gasteiger partial charge in [0.25, 0.3) is 0 Å². The van der Waals surface area contributed by atoms with Crippen LogP contribution in [-0.2, 0) is 21.2 Å². The van der Waals surface area contributed by atoms with E-state index in [1.807, 2.05) is 30.3 Å². The molecule has 2 aromatic carbocycles. The SMILES string of the molecule is C=CC(C(C)OCc1ccccc1)S(=O)(=O)c1ccccc1. The molecule has 0 aliphatic heterocycles. The van der Waals surface area contributed by atoms with Crippen LogP contribution >= 0.6 is 0 Å². The molecule has 2 aromatic rings. The summed E-state index contributed by atoms with van der Waals surface area (Å²) in [4.78, 5) is 0.287. The molecule has 0 aromatic heterocycles. The molecule has 4 heteroatoms. The minimum atomic E-state index is -3.50. The molecule has 0 heterocycles. The predicted molar refractivity (Wildman–Crippen MR) is 88.3 cm³/mol. The maximum absolute atomic E-state index is 12.7. The Morgan fingerprint density at radius 1 is 1.05 bits per heavy atom. The van der Waals surface area contributed by atoms with Gasteiger partial charge < -0.3 is 4.74 Å². The standard InChI is InChI=1S/C18H20O3S/c1-3-18(22(19,20)17-12-8-5-9-13-17)15(2)21-14-16-10-6-4-7-11-16/h3-13,15,18H,1,14H2,2H3. The van der Waals surface area contributed by atoms with E-state index in [-0.39, 0.29) is 4.90 Å². The Kier molecular flexibility index (Phi) is 5.52. The maximum Gasteiger partial charge on any atom is 0.187 e. The summed E-state index contributed by atoms with van der Waals surface area (Å²) in [6, 6.07) is 18.1. The first-order chi connectivity index (χ1) is 10.6. The lowest BCUT2D eigenvalue weighted by Crippen LogP contribution is -2.32. The van der Waals surface area contributed by atoms with Crippen molar-refractivity contribution in [3.8, 4) is 0 Å². The zero-order valence-corrected chi connectivity index (χ0v) is 13.4. The molecule has 2 rings (SSSR count). The van der Waals surface area contributed by atoms with Gasteiger partial charge in [-0.2, -0.15) is 0 Å². The number of hydrogen-bond donors (Lipinski definition) is 0. The lowest BCUT2D eigenvalue weighted by Gasteiger charge is -2.21. The van der Waals surface area contributed by atoms with Crippen LogP contribution in [0.2, 0.25) is 0 Å². The average molecular weight is 316 g/mol. The van der Waals surface area contributed by atoms with E-state index in [9.17, 15) is 8.42 Å². The second-order valence-corrected chi connectivity index (χ2v) is 7.17. The molecule has 0 bridgehead atoms. The molecule has 0 fully saturated rings. The van der Waals surface area contributed by atoms with Crippen molar-refractivity contribution in [2.24, 2.45) is 0 Å². The van der Waals surface area contributed by atoms with Crippen LogP contribution in [-0.4, -0.2) is 19.8 Å². The first-order valence-corrected chi connectivity index (χ1v) is 8.67. The summed E-state index contributed by atoms with van der Waals surface area (Å²) in [6.07, 6.45) is 0.959. The molecule has 0 spiro atoms. The second-order valence-electron chi connectivity index (χ2n) is 5.06. The molecule has 0 N–H and O–H groups in total. The highest BCUT2D eigenvalue weighted by atomic mass is 32.2. The van der Waals surface area contributed by atoms with Gasteiger partial charge in [-0.1, -0.05) is 54.6 Å². The third-order valence-electron chi connectivity index (χ3n) is 3.48. The summed E-state index contributed by atoms with van der Waals surface area (Å²) >= 11 is 0. The fraction of sp³-hybridized carbons (Fsp3) is 0.222. The van der Waals surface area contributed by atoms with E-state index in [4.69, 9.17) is 4.74 Å². The van der Waals surface area contributed by atoms with Crippen LogP contribution in [0.5, 0.6) is 0 Å². The Hall–Kier alpha value is -1.91. The van der Waals surface area contributed by atoms with Crippen molar-refractivity contribution < 1.29 is 13.2 Å². The Morgan fingerprint density at radius 3 is 2.14 bits per heavy atom. The second kappa shape index (κ2) is 7.38. The van der Waals surface area contributed by atoms with Crippen molar-refractivity contribution >= 4 is 9.84 Å². The Morgan fingerprint density at radius 2 is 1.59 bits per heavy atom. The highest BCUT2D eigenvalue weighted by Gasteiger charge is 2.30. The van der Waals surface area contributed by atoms with Crippen molar-refractivity contribution in [1.82, 2.24) is 0 Å². The normalized spacial score (nSPS) is 14.2. The summed E-state index contributed by atoms with van der Waals surface area (Å²) in [5, 5.41) is -0.779. The molecule has 0 radical (unpaired) electrons. The molecule has 22 heavy (non-hydrogen) atoms. The van der Waals surface area contributed by atoms with E-state index in [1.165, 1.54) is 6.08 Å². The Bertz CT molecular complexity index is 694. The van der Waals surface area contributed by atoms with E-state index < -0.39 is 21.2 Å². The van der Waals surface area contributed by atoms with E-state index >= 15 is 0 Å². The van der Waals surface area contributed by atoms with Crippen molar-refractivity contribution in [2.45, 2.75) is 29.8 Å². The number of ether oxygens (including phenoxy) is 1. The highest BCUT2D eigenvalue weighted by Crippen LogP contribution is 2.21. The van der Waals surface area contributed by atoms with Gasteiger partial charge in [0.2, 0.25) is 0 Å². The molecule has 0 aliphatic rings. The van der Waals surface area contributed by atoms with Gasteiger partial charge in [0, 0.05) is 0 Å². The molecule has 0 saturated carbocycles. The third-order valence-corrected chi connectivity index (χ3v) is 5.70. The average Bonchev–Trinajstić information content (AvgIpc) is 2.55. The van der Waals surface area contributed by atoms with Crippen molar-refractivity contribution in [3.05, 3.63) is 78.9 Å². The molecular weight excluding hydrogens is 296 g/mol. The van der Waals surface area contributed by atoms with E-state index in [0.717, 1.165) is 5.56 Å². The van der Waals surface area contributed by atoms with Gasteiger partial charge in [-0.05, 0) is 24.6 Å². The van der Waals surface area contributed by atoms with Crippen molar-refractivity contribution in [1.29, 1.82) is 0 Å². The van der Waals surface area contributed by atoms with Crippen LogP contribution in [0.25, 0.3) is 0 Å². The van der Waals surface area contributed by atoms with Crippen LogP contribution in [0.1, 0.15) is 12.5 Å². The first-order valence-electron chi connectivity index (χ1n) is 7.12. The lowest BCUT2D eigenvalue weighted by molar-refractivity contribution is 0.0571. The van der Waals surface area contributed by atoms with Crippen molar-refractivity contribution in [3.63, 3.8) is 0 Å². The molecule has 116 valence electrons. The maximum atomic E-state index is 12.7. The van der Waals surface area contributed by atoms with Gasteiger partial charge in [-0.25, -0.2) is 8.42 Å². The van der Waals surface area contributed by atoms with Crippen LogP contribution in [0, 0.1) is 0 Å². The van der Waals surface area contributed by atoms with Crippen LogP contribution in [0.15, 0.2) is 78.2 Å². The minimum absolute atomic E-state index is 0.287. The van der Waals surface area contributed by atoms with Gasteiger partial charge >= 0.3 is 0 Å². The smallest absolute Gasteiger partial charge is 0.187 e. The number of hydrogen-bond acceptors (Lipinski definition) is 3. The zero-order chi connectivity index (χ0) is 16.0. The summed E-state index contributed by atoms with van der Waals surface area (Å²) in [5.74, 6) is 0. The Balaban J connectivity index is 2.12. The summed E-state index contributed by atoms with van der Waals surface area (Å²) in [7, 11) is -3.50. The monoisotopic (exact) mass is 316 g/mol. The summed E-state index contributed by atoms with van der Waals surface area (Å²) in [5.41, 5.74) is 1.01. The molecule has 2 atom stereocenters. The fourth-order valence-corrected chi connectivity index (χ4v) is 3.92. The fourth-order valence-electron chi connectivity index (χ4n) is 2.23. The van der Waals surface area contributed by atoms with Gasteiger partial charge in [0.15, 0.2) is 9.84 Å². The van der Waals surface area contributed by atoms with E-state index in [0.29, 0.717) is 6.61 Å². The quantitative estimate of drug-likeness (QED) is 0.733. The molecule has 0 amide bonds. The van der Waals surface area contributed by atoms with Crippen LogP contribution in [0.4, 0.5) is 0 Å². The summed E-state index contributed by atoms with van der Waals surface area (Å²) < 4.78 is 31.1. The van der Waals surface area contributed by atoms with E-state index in [2.05, 4.69) is 6.58 Å². The van der Waals surface area contributed by atoms with Gasteiger partial charge in [0.05, 0.1) is 17.6 Å². The molecule has 2 unspecified atom stereocenters. The largest absolute Gasteiger partial charge is 0.372 e. The van der Waals surface area contributed by atoms with Gasteiger partial charge in [-0.3, -0.25) is 0 Å². The third kappa shape index (κ3) is 3.84. The molecular formula is C18H20O3S. The Labute approximate surface area is 132 Å². The first kappa shape index (κ1) is 16.5.